The molecule has 0 aliphatic heterocycles. The highest BCUT2D eigenvalue weighted by Crippen LogP contribution is 2.45. The Balaban J connectivity index is 1.76. The van der Waals surface area contributed by atoms with Gasteiger partial charge in [-0.3, -0.25) is 9.78 Å². The van der Waals surface area contributed by atoms with Crippen LogP contribution in [0.2, 0.25) is 5.02 Å². The SMILES string of the molecule is Cc1ccc(S(=O)(=O)Oc2nc3cc(Cl)ccc3c3c2C(=O)c2cnccc2-3)cc1. The Kier molecular flexibility index (Phi) is 4.13. The lowest BCUT2D eigenvalue weighted by molar-refractivity contribution is 0.104. The molecule has 0 amide bonds. The first kappa shape index (κ1) is 18.7. The maximum absolute atomic E-state index is 13.1. The van der Waals surface area contributed by atoms with Gasteiger partial charge in [0.2, 0.25) is 11.7 Å². The van der Waals surface area contributed by atoms with Gasteiger partial charge in [0.05, 0.1) is 11.1 Å². The highest BCUT2D eigenvalue weighted by Gasteiger charge is 2.35. The van der Waals surface area contributed by atoms with Crippen LogP contribution in [0, 0.1) is 6.92 Å². The Bertz CT molecular complexity index is 1470. The molecule has 0 saturated carbocycles. The van der Waals surface area contributed by atoms with Crippen molar-refractivity contribution in [2.24, 2.45) is 0 Å². The van der Waals surface area contributed by atoms with Crippen LogP contribution in [-0.2, 0) is 10.1 Å². The topological polar surface area (TPSA) is 86.2 Å². The second kappa shape index (κ2) is 6.62. The first-order valence-corrected chi connectivity index (χ1v) is 10.8. The van der Waals surface area contributed by atoms with Gasteiger partial charge in [-0.1, -0.05) is 35.4 Å². The molecule has 0 unspecified atom stereocenters. The summed E-state index contributed by atoms with van der Waals surface area (Å²) in [5.74, 6) is -0.659. The first-order valence-electron chi connectivity index (χ1n) is 8.99. The number of hydrogen-bond acceptors (Lipinski definition) is 6. The van der Waals surface area contributed by atoms with Crippen LogP contribution in [0.4, 0.5) is 0 Å². The molecule has 2 aromatic heterocycles. The lowest BCUT2D eigenvalue weighted by Crippen LogP contribution is -2.13. The van der Waals surface area contributed by atoms with E-state index in [0.29, 0.717) is 32.6 Å². The minimum Gasteiger partial charge on any atom is -0.357 e. The van der Waals surface area contributed by atoms with E-state index in [1.54, 1.807) is 42.6 Å². The Labute approximate surface area is 177 Å². The molecule has 0 saturated heterocycles. The van der Waals surface area contributed by atoms with Crippen molar-refractivity contribution in [2.45, 2.75) is 11.8 Å². The Morgan fingerprint density at radius 3 is 2.50 bits per heavy atom. The van der Waals surface area contributed by atoms with E-state index in [2.05, 4.69) is 9.97 Å². The van der Waals surface area contributed by atoms with Crippen LogP contribution in [0.15, 0.2) is 65.8 Å². The molecule has 2 heterocycles. The van der Waals surface area contributed by atoms with Crippen molar-refractivity contribution in [1.29, 1.82) is 0 Å². The van der Waals surface area contributed by atoms with E-state index >= 15 is 0 Å². The third-order valence-electron chi connectivity index (χ3n) is 4.98. The fraction of sp³-hybridized carbons (Fsp3) is 0.0455. The summed E-state index contributed by atoms with van der Waals surface area (Å²) in [5.41, 5.74) is 3.02. The van der Waals surface area contributed by atoms with E-state index in [4.69, 9.17) is 15.8 Å². The summed E-state index contributed by atoms with van der Waals surface area (Å²) in [7, 11) is -4.20. The predicted octanol–water partition coefficient (Wildman–Crippen LogP) is 4.57. The van der Waals surface area contributed by atoms with E-state index in [1.807, 2.05) is 6.92 Å². The third-order valence-corrected chi connectivity index (χ3v) is 6.44. The highest BCUT2D eigenvalue weighted by molar-refractivity contribution is 7.87. The van der Waals surface area contributed by atoms with Gasteiger partial charge in [0.15, 0.2) is 0 Å². The van der Waals surface area contributed by atoms with Crippen LogP contribution in [0.1, 0.15) is 21.5 Å². The van der Waals surface area contributed by atoms with Gasteiger partial charge in [0.25, 0.3) is 0 Å². The van der Waals surface area contributed by atoms with Crippen molar-refractivity contribution in [3.63, 3.8) is 0 Å². The molecule has 0 fully saturated rings. The molecular weight excluding hydrogens is 424 g/mol. The quantitative estimate of drug-likeness (QED) is 0.385. The lowest BCUT2D eigenvalue weighted by atomic mass is 10.0. The summed E-state index contributed by atoms with van der Waals surface area (Å²) in [6.07, 6.45) is 3.03. The molecule has 0 bridgehead atoms. The van der Waals surface area contributed by atoms with E-state index in [-0.39, 0.29) is 22.1 Å². The van der Waals surface area contributed by atoms with Crippen LogP contribution in [0.3, 0.4) is 0 Å². The molecule has 0 atom stereocenters. The number of aromatic nitrogens is 2. The Morgan fingerprint density at radius 2 is 1.73 bits per heavy atom. The molecule has 8 heteroatoms. The fourth-order valence-electron chi connectivity index (χ4n) is 3.55. The van der Waals surface area contributed by atoms with Crippen molar-refractivity contribution in [3.05, 3.63) is 82.6 Å². The largest absolute Gasteiger partial charge is 0.357 e. The summed E-state index contributed by atoms with van der Waals surface area (Å²) in [5, 5.41) is 1.11. The smallest absolute Gasteiger partial charge is 0.340 e. The molecule has 0 N–H and O–H groups in total. The standard InChI is InChI=1S/C22H13ClN2O4S/c1-12-2-5-14(6-3-12)30(27,28)29-22-20-19(15-8-9-24-11-17(15)21(20)26)16-7-4-13(23)10-18(16)25-22/h2-11H,1H3. The fourth-order valence-corrected chi connectivity index (χ4v) is 4.61. The van der Waals surface area contributed by atoms with Crippen molar-refractivity contribution < 1.29 is 17.4 Å². The van der Waals surface area contributed by atoms with Crippen LogP contribution >= 0.6 is 11.6 Å². The summed E-state index contributed by atoms with van der Waals surface area (Å²) in [6.45, 7) is 1.85. The maximum atomic E-state index is 13.1. The normalized spacial score (nSPS) is 12.7. The first-order chi connectivity index (χ1) is 14.3. The van der Waals surface area contributed by atoms with Crippen molar-refractivity contribution in [2.75, 3.05) is 0 Å². The average molecular weight is 437 g/mol. The van der Waals surface area contributed by atoms with Crippen molar-refractivity contribution in [1.82, 2.24) is 9.97 Å². The number of ketones is 1. The van der Waals surface area contributed by atoms with Gasteiger partial charge in [-0.15, -0.1) is 0 Å². The zero-order valence-electron chi connectivity index (χ0n) is 15.6. The number of carbonyl (C=O) groups excluding carboxylic acids is 1. The molecule has 30 heavy (non-hydrogen) atoms. The Morgan fingerprint density at radius 1 is 0.967 bits per heavy atom. The van der Waals surface area contributed by atoms with Gasteiger partial charge in [-0.25, -0.2) is 4.98 Å². The molecule has 0 spiro atoms. The van der Waals surface area contributed by atoms with Crippen molar-refractivity contribution >= 4 is 38.4 Å². The van der Waals surface area contributed by atoms with E-state index in [9.17, 15) is 13.2 Å². The van der Waals surface area contributed by atoms with Gasteiger partial charge in [0, 0.05) is 33.9 Å². The van der Waals surface area contributed by atoms with Gasteiger partial charge >= 0.3 is 10.1 Å². The van der Waals surface area contributed by atoms with Gasteiger partial charge in [-0.2, -0.15) is 8.42 Å². The molecule has 1 aliphatic carbocycles. The zero-order valence-corrected chi connectivity index (χ0v) is 17.2. The monoisotopic (exact) mass is 436 g/mol. The number of aryl methyl sites for hydroxylation is 1. The number of halogens is 1. The Hall–Kier alpha value is -3.29. The van der Waals surface area contributed by atoms with E-state index in [1.165, 1.54) is 18.3 Å². The minimum atomic E-state index is -4.20. The van der Waals surface area contributed by atoms with Crippen molar-refractivity contribution in [3.8, 4) is 17.0 Å². The molecule has 6 nitrogen and oxygen atoms in total. The van der Waals surface area contributed by atoms with Crippen LogP contribution in [0.5, 0.6) is 5.88 Å². The highest BCUT2D eigenvalue weighted by atomic mass is 35.5. The number of carbonyl (C=O) groups is 1. The number of pyridine rings is 2. The predicted molar refractivity (Wildman–Crippen MR) is 112 cm³/mol. The van der Waals surface area contributed by atoms with Gasteiger partial charge in [0.1, 0.15) is 4.90 Å². The summed E-state index contributed by atoms with van der Waals surface area (Å²) >= 11 is 6.12. The number of fused-ring (bicyclic) bond motifs is 5. The lowest BCUT2D eigenvalue weighted by Gasteiger charge is -2.12. The molecular formula is C22H13ClN2O4S. The zero-order chi connectivity index (χ0) is 21.0. The molecule has 148 valence electrons. The second-order valence-corrected chi connectivity index (χ2v) is 8.91. The maximum Gasteiger partial charge on any atom is 0.340 e. The van der Waals surface area contributed by atoms with E-state index in [0.717, 1.165) is 5.56 Å². The summed E-state index contributed by atoms with van der Waals surface area (Å²) in [6, 6.07) is 13.0. The van der Waals surface area contributed by atoms with Gasteiger partial charge < -0.3 is 4.18 Å². The molecule has 0 radical (unpaired) electrons. The number of rotatable bonds is 3. The number of hydrogen-bond donors (Lipinski definition) is 0. The van der Waals surface area contributed by atoms with Gasteiger partial charge in [-0.05, 0) is 42.8 Å². The summed E-state index contributed by atoms with van der Waals surface area (Å²) < 4.78 is 31.2. The average Bonchev–Trinajstić information content (AvgIpc) is 3.01. The molecule has 5 rings (SSSR count). The van der Waals surface area contributed by atoms with Crippen LogP contribution in [-0.4, -0.2) is 24.2 Å². The van der Waals surface area contributed by atoms with Crippen LogP contribution < -0.4 is 4.18 Å². The minimum absolute atomic E-state index is 0.0283. The van der Waals surface area contributed by atoms with E-state index < -0.39 is 10.1 Å². The molecule has 2 aromatic carbocycles. The molecule has 1 aliphatic rings. The number of benzene rings is 2. The third kappa shape index (κ3) is 2.86. The summed E-state index contributed by atoms with van der Waals surface area (Å²) in [4.78, 5) is 21.4. The molecule has 4 aromatic rings. The second-order valence-electron chi connectivity index (χ2n) is 6.93. The van der Waals surface area contributed by atoms with Crippen LogP contribution in [0.25, 0.3) is 22.0 Å². The number of nitrogens with zero attached hydrogens (tertiary/aromatic N) is 2.